The summed E-state index contributed by atoms with van der Waals surface area (Å²) in [4.78, 5) is 5.16. The SMILES string of the molecule is CNC(C)(C#N)CC(C)N1CCC2C(CCCN2C)C1. The van der Waals surface area contributed by atoms with Crippen LogP contribution in [0.3, 0.4) is 0 Å². The molecule has 114 valence electrons. The third kappa shape index (κ3) is 3.33. The summed E-state index contributed by atoms with van der Waals surface area (Å²) in [5.74, 6) is 0.827. The van der Waals surface area contributed by atoms with Crippen LogP contribution in [0.15, 0.2) is 0 Å². The normalized spacial score (nSPS) is 33.0. The van der Waals surface area contributed by atoms with Gasteiger partial charge in [0.05, 0.1) is 6.07 Å². The molecule has 0 radical (unpaired) electrons. The summed E-state index contributed by atoms with van der Waals surface area (Å²) in [5, 5.41) is 12.5. The largest absolute Gasteiger partial charge is 0.303 e. The molecule has 0 saturated carbocycles. The van der Waals surface area contributed by atoms with E-state index in [1.165, 1.54) is 38.9 Å². The predicted molar refractivity (Wildman–Crippen MR) is 82.5 cm³/mol. The van der Waals surface area contributed by atoms with Crippen molar-refractivity contribution < 1.29 is 0 Å². The Morgan fingerprint density at radius 2 is 2.15 bits per heavy atom. The first-order valence-electron chi connectivity index (χ1n) is 8.03. The summed E-state index contributed by atoms with van der Waals surface area (Å²) in [6, 6.07) is 3.68. The second-order valence-corrected chi connectivity index (χ2v) is 6.98. The summed E-state index contributed by atoms with van der Waals surface area (Å²) in [5.41, 5.74) is -0.403. The lowest BCUT2D eigenvalue weighted by atomic mass is 9.83. The van der Waals surface area contributed by atoms with Gasteiger partial charge in [-0.1, -0.05) is 0 Å². The fourth-order valence-corrected chi connectivity index (χ4v) is 4.00. The first-order valence-corrected chi connectivity index (χ1v) is 8.03. The minimum absolute atomic E-state index is 0.403. The molecule has 2 heterocycles. The van der Waals surface area contributed by atoms with Gasteiger partial charge in [0, 0.05) is 18.6 Å². The molecule has 2 rings (SSSR count). The van der Waals surface area contributed by atoms with Crippen LogP contribution in [0.2, 0.25) is 0 Å². The van der Waals surface area contributed by atoms with Crippen LogP contribution in [0.5, 0.6) is 0 Å². The fraction of sp³-hybridized carbons (Fsp3) is 0.938. The van der Waals surface area contributed by atoms with Crippen molar-refractivity contribution in [1.82, 2.24) is 15.1 Å². The van der Waals surface area contributed by atoms with Crippen LogP contribution in [0.1, 0.15) is 39.5 Å². The highest BCUT2D eigenvalue weighted by Crippen LogP contribution is 2.31. The molecule has 4 atom stereocenters. The molecule has 0 aromatic rings. The molecule has 4 unspecified atom stereocenters. The monoisotopic (exact) mass is 278 g/mol. The lowest BCUT2D eigenvalue weighted by molar-refractivity contribution is 0.0188. The summed E-state index contributed by atoms with van der Waals surface area (Å²) in [6.45, 7) is 7.94. The lowest BCUT2D eigenvalue weighted by Crippen LogP contribution is -2.55. The van der Waals surface area contributed by atoms with Gasteiger partial charge in [-0.3, -0.25) is 0 Å². The summed E-state index contributed by atoms with van der Waals surface area (Å²) >= 11 is 0. The van der Waals surface area contributed by atoms with Crippen molar-refractivity contribution >= 4 is 0 Å². The molecule has 0 aromatic carbocycles. The fourth-order valence-electron chi connectivity index (χ4n) is 4.00. The van der Waals surface area contributed by atoms with E-state index >= 15 is 0 Å². The quantitative estimate of drug-likeness (QED) is 0.849. The Kier molecular flexibility index (Phi) is 5.06. The maximum absolute atomic E-state index is 9.32. The Balaban J connectivity index is 1.93. The number of likely N-dealkylation sites (tertiary alicyclic amines) is 2. The molecule has 4 nitrogen and oxygen atoms in total. The Morgan fingerprint density at radius 3 is 2.80 bits per heavy atom. The Hall–Kier alpha value is -0.630. The molecule has 2 saturated heterocycles. The number of hydrogen-bond donors (Lipinski definition) is 1. The highest BCUT2D eigenvalue weighted by atomic mass is 15.2. The van der Waals surface area contributed by atoms with Gasteiger partial charge in [0.25, 0.3) is 0 Å². The van der Waals surface area contributed by atoms with E-state index in [4.69, 9.17) is 0 Å². The molecular weight excluding hydrogens is 248 g/mol. The van der Waals surface area contributed by atoms with E-state index in [0.717, 1.165) is 18.4 Å². The third-order valence-electron chi connectivity index (χ3n) is 5.50. The Bertz CT molecular complexity index is 364. The number of nitrogens with one attached hydrogen (secondary N) is 1. The van der Waals surface area contributed by atoms with Crippen molar-refractivity contribution in [2.24, 2.45) is 5.92 Å². The van der Waals surface area contributed by atoms with Gasteiger partial charge < -0.3 is 15.1 Å². The summed E-state index contributed by atoms with van der Waals surface area (Å²) < 4.78 is 0. The van der Waals surface area contributed by atoms with Crippen LogP contribution in [-0.4, -0.2) is 61.2 Å². The van der Waals surface area contributed by atoms with Gasteiger partial charge in [-0.15, -0.1) is 0 Å². The number of piperidine rings is 2. The van der Waals surface area contributed by atoms with Crippen LogP contribution in [0.25, 0.3) is 0 Å². The zero-order chi connectivity index (χ0) is 14.8. The third-order valence-corrected chi connectivity index (χ3v) is 5.50. The van der Waals surface area contributed by atoms with Gasteiger partial charge in [0.15, 0.2) is 0 Å². The zero-order valence-corrected chi connectivity index (χ0v) is 13.5. The van der Waals surface area contributed by atoms with Crippen LogP contribution in [-0.2, 0) is 0 Å². The molecule has 4 heteroatoms. The Morgan fingerprint density at radius 1 is 1.40 bits per heavy atom. The maximum Gasteiger partial charge on any atom is 0.105 e. The molecule has 2 fully saturated rings. The van der Waals surface area contributed by atoms with Crippen LogP contribution >= 0.6 is 0 Å². The van der Waals surface area contributed by atoms with Gasteiger partial charge in [0.2, 0.25) is 0 Å². The molecule has 1 N–H and O–H groups in total. The van der Waals surface area contributed by atoms with Gasteiger partial charge in [-0.2, -0.15) is 5.26 Å². The first-order chi connectivity index (χ1) is 9.49. The highest BCUT2D eigenvalue weighted by Gasteiger charge is 2.36. The zero-order valence-electron chi connectivity index (χ0n) is 13.5. The molecule has 20 heavy (non-hydrogen) atoms. The van der Waals surface area contributed by atoms with E-state index in [-0.39, 0.29) is 0 Å². The lowest BCUT2D eigenvalue weighted by Gasteiger charge is -2.48. The van der Waals surface area contributed by atoms with Crippen LogP contribution in [0, 0.1) is 17.2 Å². The van der Waals surface area contributed by atoms with E-state index in [2.05, 4.69) is 35.2 Å². The Labute approximate surface area is 124 Å². The molecule has 2 aliphatic rings. The average molecular weight is 278 g/mol. The van der Waals surface area contributed by atoms with Crippen molar-refractivity contribution in [2.45, 2.75) is 57.2 Å². The van der Waals surface area contributed by atoms with Gasteiger partial charge in [0.1, 0.15) is 5.54 Å². The molecule has 0 aliphatic carbocycles. The van der Waals surface area contributed by atoms with E-state index in [0.29, 0.717) is 6.04 Å². The summed E-state index contributed by atoms with van der Waals surface area (Å²) in [6.07, 6.45) is 4.90. The van der Waals surface area contributed by atoms with Gasteiger partial charge in [-0.05, 0) is 72.6 Å². The van der Waals surface area contributed by atoms with Crippen molar-refractivity contribution in [3.05, 3.63) is 0 Å². The molecule has 0 bridgehead atoms. The van der Waals surface area contributed by atoms with Crippen LogP contribution in [0.4, 0.5) is 0 Å². The van der Waals surface area contributed by atoms with Crippen molar-refractivity contribution in [2.75, 3.05) is 33.7 Å². The van der Waals surface area contributed by atoms with Crippen molar-refractivity contribution in [1.29, 1.82) is 5.26 Å². The number of nitriles is 1. The second kappa shape index (κ2) is 6.43. The minimum Gasteiger partial charge on any atom is -0.303 e. The standard InChI is InChI=1S/C16H30N4/c1-13(10-16(2,12-17)18-3)20-9-7-15-14(11-20)6-5-8-19(15)4/h13-15,18H,5-11H2,1-4H3. The van der Waals surface area contributed by atoms with Gasteiger partial charge in [-0.25, -0.2) is 0 Å². The number of hydrogen-bond acceptors (Lipinski definition) is 4. The van der Waals surface area contributed by atoms with Gasteiger partial charge >= 0.3 is 0 Å². The number of rotatable bonds is 4. The number of nitrogens with zero attached hydrogens (tertiary/aromatic N) is 3. The highest BCUT2D eigenvalue weighted by molar-refractivity contribution is 5.05. The molecule has 0 aromatic heterocycles. The van der Waals surface area contributed by atoms with E-state index < -0.39 is 5.54 Å². The maximum atomic E-state index is 9.32. The van der Waals surface area contributed by atoms with E-state index in [1.54, 1.807) is 0 Å². The predicted octanol–water partition coefficient (Wildman–Crippen LogP) is 1.68. The van der Waals surface area contributed by atoms with E-state index in [1.807, 2.05) is 14.0 Å². The molecule has 0 amide bonds. The smallest absolute Gasteiger partial charge is 0.105 e. The average Bonchev–Trinajstić information content (AvgIpc) is 2.47. The van der Waals surface area contributed by atoms with E-state index in [9.17, 15) is 5.26 Å². The van der Waals surface area contributed by atoms with Crippen LogP contribution < -0.4 is 5.32 Å². The number of fused-ring (bicyclic) bond motifs is 1. The second-order valence-electron chi connectivity index (χ2n) is 6.98. The summed E-state index contributed by atoms with van der Waals surface area (Å²) in [7, 11) is 4.17. The minimum atomic E-state index is -0.403. The molecular formula is C16H30N4. The van der Waals surface area contributed by atoms with Crippen molar-refractivity contribution in [3.63, 3.8) is 0 Å². The molecule has 0 spiro atoms. The molecule has 2 aliphatic heterocycles. The van der Waals surface area contributed by atoms with Crippen molar-refractivity contribution in [3.8, 4) is 6.07 Å². The first kappa shape index (κ1) is 15.8. The topological polar surface area (TPSA) is 42.3 Å².